The summed E-state index contributed by atoms with van der Waals surface area (Å²) in [4.78, 5) is 32.9. The standard InChI is InChI=1S/C23H26N6O2S/c1-17(30)27-12-14-29(15-13-27)23(31)21(8-11-28-10-3-4-18(28)16-24)26-32-22-6-2-5-20-19(22)7-9-25-20/h2-7,9-10,21,25-26H,8,11-15H2,1H3. The molecule has 0 aliphatic carbocycles. The Morgan fingerprint density at radius 3 is 2.69 bits per heavy atom. The summed E-state index contributed by atoms with van der Waals surface area (Å²) >= 11 is 1.45. The van der Waals surface area contributed by atoms with Crippen LogP contribution in [0.4, 0.5) is 0 Å². The summed E-state index contributed by atoms with van der Waals surface area (Å²) in [5.41, 5.74) is 1.63. The van der Waals surface area contributed by atoms with Crippen LogP contribution in [0.5, 0.6) is 0 Å². The number of nitriles is 1. The number of aryl methyl sites for hydroxylation is 1. The number of fused-ring (bicyclic) bond motifs is 1. The van der Waals surface area contributed by atoms with Crippen molar-refractivity contribution in [3.63, 3.8) is 0 Å². The maximum atomic E-state index is 13.4. The van der Waals surface area contributed by atoms with Crippen LogP contribution in [0.25, 0.3) is 10.9 Å². The van der Waals surface area contributed by atoms with Gasteiger partial charge in [0.2, 0.25) is 11.8 Å². The van der Waals surface area contributed by atoms with Crippen LogP contribution in [0.15, 0.2) is 53.7 Å². The topological polar surface area (TPSA) is 97.2 Å². The summed E-state index contributed by atoms with van der Waals surface area (Å²) in [5, 5.41) is 10.4. The minimum absolute atomic E-state index is 0.0209. The molecule has 0 radical (unpaired) electrons. The van der Waals surface area contributed by atoms with Crippen molar-refractivity contribution in [2.45, 2.75) is 30.8 Å². The molecule has 1 atom stereocenters. The molecule has 8 nitrogen and oxygen atoms in total. The van der Waals surface area contributed by atoms with Crippen molar-refractivity contribution in [1.82, 2.24) is 24.1 Å². The highest BCUT2D eigenvalue weighted by Crippen LogP contribution is 2.26. The van der Waals surface area contributed by atoms with Crippen molar-refractivity contribution in [1.29, 1.82) is 5.26 Å². The van der Waals surface area contributed by atoms with Gasteiger partial charge in [-0.1, -0.05) is 6.07 Å². The minimum Gasteiger partial charge on any atom is -0.361 e. The number of carbonyl (C=O) groups is 2. The number of benzene rings is 1. The van der Waals surface area contributed by atoms with Gasteiger partial charge in [-0.2, -0.15) is 5.26 Å². The van der Waals surface area contributed by atoms with Gasteiger partial charge in [0.15, 0.2) is 0 Å². The van der Waals surface area contributed by atoms with E-state index in [0.29, 0.717) is 44.8 Å². The molecule has 3 heterocycles. The highest BCUT2D eigenvalue weighted by molar-refractivity contribution is 7.97. The summed E-state index contributed by atoms with van der Waals surface area (Å²) in [6, 6.07) is 13.4. The van der Waals surface area contributed by atoms with Crippen LogP contribution in [0.1, 0.15) is 19.0 Å². The number of nitrogens with one attached hydrogen (secondary N) is 2. The molecule has 2 N–H and O–H groups in total. The lowest BCUT2D eigenvalue weighted by molar-refractivity contribution is -0.139. The van der Waals surface area contributed by atoms with Crippen molar-refractivity contribution in [3.8, 4) is 6.07 Å². The van der Waals surface area contributed by atoms with E-state index < -0.39 is 6.04 Å². The number of hydrogen-bond donors (Lipinski definition) is 2. The average molecular weight is 451 g/mol. The third kappa shape index (κ3) is 4.82. The monoisotopic (exact) mass is 450 g/mol. The largest absolute Gasteiger partial charge is 0.361 e. The van der Waals surface area contributed by atoms with E-state index in [1.165, 1.54) is 11.9 Å². The highest BCUT2D eigenvalue weighted by Gasteiger charge is 2.28. The van der Waals surface area contributed by atoms with Crippen LogP contribution in [-0.2, 0) is 16.1 Å². The van der Waals surface area contributed by atoms with Gasteiger partial charge in [0.25, 0.3) is 0 Å². The number of rotatable bonds is 7. The van der Waals surface area contributed by atoms with E-state index in [-0.39, 0.29) is 11.8 Å². The second-order valence-corrected chi connectivity index (χ2v) is 8.67. The smallest absolute Gasteiger partial charge is 0.240 e. The van der Waals surface area contributed by atoms with Crippen molar-refractivity contribution in [2.24, 2.45) is 0 Å². The number of H-pyrrole nitrogens is 1. The lowest BCUT2D eigenvalue weighted by atomic mass is 10.1. The number of aromatic amines is 1. The van der Waals surface area contributed by atoms with Crippen molar-refractivity contribution in [3.05, 3.63) is 54.5 Å². The molecule has 2 aromatic heterocycles. The summed E-state index contributed by atoms with van der Waals surface area (Å²) in [7, 11) is 0. The fourth-order valence-electron chi connectivity index (χ4n) is 3.95. The van der Waals surface area contributed by atoms with Gasteiger partial charge >= 0.3 is 0 Å². The second kappa shape index (κ2) is 9.94. The third-order valence-electron chi connectivity index (χ3n) is 5.80. The molecule has 0 bridgehead atoms. The summed E-state index contributed by atoms with van der Waals surface area (Å²) < 4.78 is 5.25. The Labute approximate surface area is 191 Å². The fraction of sp³-hybridized carbons (Fsp3) is 0.348. The van der Waals surface area contributed by atoms with Crippen LogP contribution in [-0.4, -0.2) is 63.4 Å². The zero-order chi connectivity index (χ0) is 22.5. The molecule has 1 aliphatic rings. The van der Waals surface area contributed by atoms with E-state index >= 15 is 0 Å². The van der Waals surface area contributed by atoms with Crippen molar-refractivity contribution in [2.75, 3.05) is 26.2 Å². The summed E-state index contributed by atoms with van der Waals surface area (Å²) in [6.45, 7) is 4.29. The summed E-state index contributed by atoms with van der Waals surface area (Å²) in [5.74, 6) is 0.0613. The van der Waals surface area contributed by atoms with Crippen LogP contribution in [0.3, 0.4) is 0 Å². The first kappa shape index (κ1) is 22.0. The maximum Gasteiger partial charge on any atom is 0.240 e. The molecule has 9 heteroatoms. The van der Waals surface area contributed by atoms with E-state index in [4.69, 9.17) is 0 Å². The van der Waals surface area contributed by atoms with Gasteiger partial charge in [-0.15, -0.1) is 0 Å². The molecule has 166 valence electrons. The van der Waals surface area contributed by atoms with Crippen LogP contribution >= 0.6 is 11.9 Å². The Hall–Kier alpha value is -3.22. The third-order valence-corrected chi connectivity index (χ3v) is 6.78. The number of piperazine rings is 1. The normalized spacial score (nSPS) is 15.0. The summed E-state index contributed by atoms with van der Waals surface area (Å²) in [6.07, 6.45) is 4.31. The van der Waals surface area contributed by atoms with Crippen molar-refractivity contribution < 1.29 is 9.59 Å². The molecule has 1 unspecified atom stereocenters. The fourth-order valence-corrected chi connectivity index (χ4v) is 4.88. The quantitative estimate of drug-likeness (QED) is 0.540. The molecule has 1 saturated heterocycles. The predicted molar refractivity (Wildman–Crippen MR) is 124 cm³/mol. The number of nitrogens with zero attached hydrogens (tertiary/aromatic N) is 4. The molecule has 1 fully saturated rings. The van der Waals surface area contributed by atoms with Crippen LogP contribution < -0.4 is 4.72 Å². The molecule has 4 rings (SSSR count). The van der Waals surface area contributed by atoms with Crippen LogP contribution in [0, 0.1) is 11.3 Å². The lowest BCUT2D eigenvalue weighted by Crippen LogP contribution is -2.54. The van der Waals surface area contributed by atoms with E-state index in [9.17, 15) is 14.9 Å². The van der Waals surface area contributed by atoms with E-state index in [1.807, 2.05) is 52.2 Å². The predicted octanol–water partition coefficient (Wildman–Crippen LogP) is 2.59. The lowest BCUT2D eigenvalue weighted by Gasteiger charge is -2.36. The Morgan fingerprint density at radius 1 is 1.16 bits per heavy atom. The van der Waals surface area contributed by atoms with Gasteiger partial charge in [-0.3, -0.25) is 9.59 Å². The van der Waals surface area contributed by atoms with E-state index in [2.05, 4.69) is 15.8 Å². The average Bonchev–Trinajstić information content (AvgIpc) is 3.48. The molecule has 2 amide bonds. The first-order chi connectivity index (χ1) is 15.6. The Balaban J connectivity index is 1.47. The second-order valence-electron chi connectivity index (χ2n) is 7.79. The maximum absolute atomic E-state index is 13.4. The molecular formula is C23H26N6O2S. The van der Waals surface area contributed by atoms with Gasteiger partial charge in [-0.05, 0) is 48.7 Å². The van der Waals surface area contributed by atoms with E-state index in [1.54, 1.807) is 17.9 Å². The molecule has 0 spiro atoms. The SMILES string of the molecule is CC(=O)N1CCN(C(=O)C(CCn2cccc2C#N)NSc2cccc3[nH]ccc23)CC1. The van der Waals surface area contributed by atoms with Crippen molar-refractivity contribution >= 4 is 34.7 Å². The molecule has 3 aromatic rings. The first-order valence-corrected chi connectivity index (χ1v) is 11.5. The van der Waals surface area contributed by atoms with Gasteiger partial charge in [0, 0.05) is 67.8 Å². The molecule has 32 heavy (non-hydrogen) atoms. The zero-order valence-corrected chi connectivity index (χ0v) is 18.8. The molecular weight excluding hydrogens is 424 g/mol. The van der Waals surface area contributed by atoms with Crippen LogP contribution in [0.2, 0.25) is 0 Å². The van der Waals surface area contributed by atoms with Gasteiger partial charge in [-0.25, -0.2) is 4.72 Å². The Morgan fingerprint density at radius 2 is 1.94 bits per heavy atom. The van der Waals surface area contributed by atoms with Gasteiger partial charge < -0.3 is 19.4 Å². The number of amides is 2. The first-order valence-electron chi connectivity index (χ1n) is 10.6. The Bertz CT molecular complexity index is 1140. The zero-order valence-electron chi connectivity index (χ0n) is 18.0. The highest BCUT2D eigenvalue weighted by atomic mass is 32.2. The molecule has 1 aliphatic heterocycles. The number of carbonyl (C=O) groups excluding carboxylic acids is 2. The van der Waals surface area contributed by atoms with Gasteiger partial charge in [0.1, 0.15) is 11.8 Å². The number of hydrogen-bond acceptors (Lipinski definition) is 5. The molecule has 1 aromatic carbocycles. The van der Waals surface area contributed by atoms with Gasteiger partial charge in [0.05, 0.1) is 6.04 Å². The minimum atomic E-state index is -0.424. The van der Waals surface area contributed by atoms with E-state index in [0.717, 1.165) is 15.8 Å². The Kier molecular flexibility index (Phi) is 6.83. The number of aromatic nitrogens is 2. The molecule has 0 saturated carbocycles.